The maximum Gasteiger partial charge on any atom is 0.144 e. The number of fused-ring (bicyclic) bond motifs is 1. The Hall–Kier alpha value is -2.46. The number of hydrogen-bond acceptors (Lipinski definition) is 3. The van der Waals surface area contributed by atoms with Gasteiger partial charge in [0.1, 0.15) is 17.3 Å². The van der Waals surface area contributed by atoms with Crippen molar-refractivity contribution in [3.8, 4) is 22.7 Å². The molecule has 0 amide bonds. The number of aryl methyl sites for hydroxylation is 1. The van der Waals surface area contributed by atoms with Crippen LogP contribution in [0.2, 0.25) is 5.02 Å². The van der Waals surface area contributed by atoms with Crippen LogP contribution >= 0.6 is 11.6 Å². The maximum absolute atomic E-state index is 6.27. The van der Waals surface area contributed by atoms with Crippen LogP contribution in [0.5, 0.6) is 5.75 Å². The summed E-state index contributed by atoms with van der Waals surface area (Å²) >= 11 is 6.27. The average molecular weight is 368 g/mol. The lowest BCUT2D eigenvalue weighted by molar-refractivity contribution is 0.412. The molecule has 0 atom stereocenters. The number of halogens is 1. The van der Waals surface area contributed by atoms with Crippen molar-refractivity contribution in [3.05, 3.63) is 58.6 Å². The second-order valence-corrected chi connectivity index (χ2v) is 7.04. The smallest absolute Gasteiger partial charge is 0.144 e. The number of hydrogen-bond donors (Lipinski definition) is 1. The van der Waals surface area contributed by atoms with E-state index >= 15 is 0 Å². The van der Waals surface area contributed by atoms with E-state index in [1.165, 1.54) is 16.7 Å². The first-order chi connectivity index (χ1) is 12.7. The molecule has 0 unspecified atom stereocenters. The highest BCUT2D eigenvalue weighted by Gasteiger charge is 2.23. The number of aromatic nitrogens is 2. The van der Waals surface area contributed by atoms with Gasteiger partial charge in [0.15, 0.2) is 0 Å². The van der Waals surface area contributed by atoms with Crippen LogP contribution in [0.3, 0.4) is 0 Å². The molecule has 26 heavy (non-hydrogen) atoms. The predicted molar refractivity (Wildman–Crippen MR) is 107 cm³/mol. The SMILES string of the molecule is COc1ccc(Cl)cc1-n1nc(-c2ccccc2C)c2c1NCCCC2. The second-order valence-electron chi connectivity index (χ2n) is 6.60. The number of ether oxygens (including phenoxy) is 1. The van der Waals surface area contributed by atoms with Gasteiger partial charge in [0.2, 0.25) is 0 Å². The Morgan fingerprint density at radius 1 is 1.15 bits per heavy atom. The minimum atomic E-state index is 0.663. The molecule has 1 aliphatic heterocycles. The predicted octanol–water partition coefficient (Wildman–Crippen LogP) is 5.26. The van der Waals surface area contributed by atoms with Gasteiger partial charge >= 0.3 is 0 Å². The van der Waals surface area contributed by atoms with Crippen LogP contribution in [0, 0.1) is 6.92 Å². The van der Waals surface area contributed by atoms with Crippen molar-refractivity contribution in [3.63, 3.8) is 0 Å². The highest BCUT2D eigenvalue weighted by atomic mass is 35.5. The fraction of sp³-hybridized carbons (Fsp3) is 0.286. The quantitative estimate of drug-likeness (QED) is 0.686. The van der Waals surface area contributed by atoms with Gasteiger partial charge in [0.05, 0.1) is 12.8 Å². The van der Waals surface area contributed by atoms with E-state index in [-0.39, 0.29) is 0 Å². The number of rotatable bonds is 3. The van der Waals surface area contributed by atoms with Gasteiger partial charge in [0.25, 0.3) is 0 Å². The highest BCUT2D eigenvalue weighted by Crippen LogP contribution is 2.37. The minimum Gasteiger partial charge on any atom is -0.494 e. The first kappa shape index (κ1) is 17.0. The van der Waals surface area contributed by atoms with E-state index in [1.807, 2.05) is 22.9 Å². The fourth-order valence-corrected chi connectivity index (χ4v) is 3.73. The zero-order chi connectivity index (χ0) is 18.1. The Balaban J connectivity index is 1.97. The van der Waals surface area contributed by atoms with Crippen LogP contribution in [0.1, 0.15) is 24.0 Å². The zero-order valence-electron chi connectivity index (χ0n) is 15.1. The van der Waals surface area contributed by atoms with Gasteiger partial charge in [-0.15, -0.1) is 0 Å². The molecule has 134 valence electrons. The molecule has 0 aliphatic carbocycles. The van der Waals surface area contributed by atoms with E-state index in [0.717, 1.165) is 48.8 Å². The van der Waals surface area contributed by atoms with Gasteiger partial charge in [0, 0.05) is 22.7 Å². The number of benzene rings is 2. The molecule has 5 heteroatoms. The molecule has 0 radical (unpaired) electrons. The number of nitrogens with zero attached hydrogens (tertiary/aromatic N) is 2. The van der Waals surface area contributed by atoms with Crippen molar-refractivity contribution in [1.29, 1.82) is 0 Å². The van der Waals surface area contributed by atoms with Gasteiger partial charge < -0.3 is 10.1 Å². The summed E-state index contributed by atoms with van der Waals surface area (Å²) in [5, 5.41) is 9.24. The first-order valence-electron chi connectivity index (χ1n) is 8.94. The summed E-state index contributed by atoms with van der Waals surface area (Å²) < 4.78 is 7.52. The van der Waals surface area contributed by atoms with E-state index in [1.54, 1.807) is 7.11 Å². The third kappa shape index (κ3) is 2.95. The summed E-state index contributed by atoms with van der Waals surface area (Å²) in [6.07, 6.45) is 3.31. The van der Waals surface area contributed by atoms with Crippen molar-refractivity contribution in [2.24, 2.45) is 0 Å². The molecule has 0 fully saturated rings. The number of anilines is 1. The zero-order valence-corrected chi connectivity index (χ0v) is 15.8. The molecule has 1 aliphatic rings. The molecule has 1 aromatic heterocycles. The van der Waals surface area contributed by atoms with Crippen molar-refractivity contribution in [2.45, 2.75) is 26.2 Å². The standard InChI is InChI=1S/C21H22ClN3O/c1-14-7-3-4-8-16(14)20-17-9-5-6-12-23-21(17)25(24-20)18-13-15(22)10-11-19(18)26-2/h3-4,7-8,10-11,13,23H,5-6,9,12H2,1-2H3. The van der Waals surface area contributed by atoms with E-state index < -0.39 is 0 Å². The van der Waals surface area contributed by atoms with E-state index in [0.29, 0.717) is 5.02 Å². The largest absolute Gasteiger partial charge is 0.494 e. The highest BCUT2D eigenvalue weighted by molar-refractivity contribution is 6.30. The van der Waals surface area contributed by atoms with Crippen LogP contribution in [-0.4, -0.2) is 23.4 Å². The van der Waals surface area contributed by atoms with Gasteiger partial charge in [-0.2, -0.15) is 5.10 Å². The van der Waals surface area contributed by atoms with Gasteiger partial charge in [-0.05, 0) is 49.9 Å². The lowest BCUT2D eigenvalue weighted by Crippen LogP contribution is -2.08. The number of methoxy groups -OCH3 is 1. The van der Waals surface area contributed by atoms with Crippen LogP contribution in [0.4, 0.5) is 5.82 Å². The summed E-state index contributed by atoms with van der Waals surface area (Å²) in [5.74, 6) is 1.79. The Morgan fingerprint density at radius 2 is 2.00 bits per heavy atom. The number of nitrogens with one attached hydrogen (secondary N) is 1. The van der Waals surface area contributed by atoms with Crippen LogP contribution in [-0.2, 0) is 6.42 Å². The summed E-state index contributed by atoms with van der Waals surface area (Å²) in [7, 11) is 1.67. The Kier molecular flexibility index (Phi) is 4.60. The topological polar surface area (TPSA) is 39.1 Å². The van der Waals surface area contributed by atoms with Crippen molar-refractivity contribution >= 4 is 17.4 Å². The lowest BCUT2D eigenvalue weighted by Gasteiger charge is -2.13. The molecule has 0 saturated carbocycles. The Labute approximate surface area is 158 Å². The lowest BCUT2D eigenvalue weighted by atomic mass is 10.00. The summed E-state index contributed by atoms with van der Waals surface area (Å²) in [6.45, 7) is 3.07. The molecular formula is C21H22ClN3O. The van der Waals surface area contributed by atoms with Crippen LogP contribution < -0.4 is 10.1 Å². The van der Waals surface area contributed by atoms with Crippen molar-refractivity contribution < 1.29 is 4.74 Å². The second kappa shape index (κ2) is 7.04. The maximum atomic E-state index is 6.27. The molecule has 1 N–H and O–H groups in total. The molecule has 0 spiro atoms. The molecule has 2 aromatic carbocycles. The van der Waals surface area contributed by atoms with E-state index in [9.17, 15) is 0 Å². The third-order valence-corrected chi connectivity index (χ3v) is 5.13. The summed E-state index contributed by atoms with van der Waals surface area (Å²) in [5.41, 5.74) is 5.55. The molecule has 0 saturated heterocycles. The average Bonchev–Trinajstić information content (AvgIpc) is 2.83. The van der Waals surface area contributed by atoms with Gasteiger partial charge in [-0.25, -0.2) is 4.68 Å². The van der Waals surface area contributed by atoms with E-state index in [4.69, 9.17) is 21.4 Å². The van der Waals surface area contributed by atoms with Crippen molar-refractivity contribution in [2.75, 3.05) is 19.0 Å². The third-order valence-electron chi connectivity index (χ3n) is 4.90. The van der Waals surface area contributed by atoms with E-state index in [2.05, 4.69) is 36.5 Å². The normalized spacial score (nSPS) is 13.7. The van der Waals surface area contributed by atoms with Crippen LogP contribution in [0.15, 0.2) is 42.5 Å². The first-order valence-corrected chi connectivity index (χ1v) is 9.32. The molecule has 2 heterocycles. The monoisotopic (exact) mass is 367 g/mol. The van der Waals surface area contributed by atoms with Crippen LogP contribution in [0.25, 0.3) is 16.9 Å². The summed E-state index contributed by atoms with van der Waals surface area (Å²) in [4.78, 5) is 0. The van der Waals surface area contributed by atoms with Gasteiger partial charge in [-0.1, -0.05) is 35.9 Å². The Morgan fingerprint density at radius 3 is 2.81 bits per heavy atom. The van der Waals surface area contributed by atoms with Gasteiger partial charge in [-0.3, -0.25) is 0 Å². The Bertz CT molecular complexity index is 948. The molecule has 4 rings (SSSR count). The molecule has 3 aromatic rings. The minimum absolute atomic E-state index is 0.663. The van der Waals surface area contributed by atoms with Crippen molar-refractivity contribution in [1.82, 2.24) is 9.78 Å². The summed E-state index contributed by atoms with van der Waals surface area (Å²) in [6, 6.07) is 14.0. The fourth-order valence-electron chi connectivity index (χ4n) is 3.56. The molecule has 0 bridgehead atoms. The molecule has 4 nitrogen and oxygen atoms in total. The molecular weight excluding hydrogens is 346 g/mol.